The zero-order valence-corrected chi connectivity index (χ0v) is 12.9. The van der Waals surface area contributed by atoms with Crippen LogP contribution in [0.15, 0.2) is 22.7 Å². The fourth-order valence-electron chi connectivity index (χ4n) is 2.54. The van der Waals surface area contributed by atoms with E-state index in [9.17, 15) is 4.79 Å². The van der Waals surface area contributed by atoms with Gasteiger partial charge in [-0.2, -0.15) is 0 Å². The van der Waals surface area contributed by atoms with Gasteiger partial charge in [0.2, 0.25) is 5.91 Å². The smallest absolute Gasteiger partial charge is 0.248 e. The van der Waals surface area contributed by atoms with Crippen molar-refractivity contribution >= 4 is 27.5 Å². The molecule has 1 unspecified atom stereocenters. The number of fused-ring (bicyclic) bond motifs is 1. The van der Waals surface area contributed by atoms with Gasteiger partial charge in [0.25, 0.3) is 0 Å². The van der Waals surface area contributed by atoms with Crippen LogP contribution in [-0.4, -0.2) is 12.5 Å². The molecule has 0 saturated carbocycles. The van der Waals surface area contributed by atoms with Crippen molar-refractivity contribution in [2.24, 2.45) is 5.73 Å². The lowest BCUT2D eigenvalue weighted by molar-refractivity contribution is -0.119. The van der Waals surface area contributed by atoms with Crippen LogP contribution in [0.4, 0.5) is 5.69 Å². The highest BCUT2D eigenvalue weighted by molar-refractivity contribution is 9.10. The lowest BCUT2D eigenvalue weighted by atomic mass is 10.1. The molecular weight excluding hydrogens is 304 g/mol. The number of unbranched alkanes of at least 4 members (excludes halogenated alkanes) is 4. The molecule has 1 amide bonds. The summed E-state index contributed by atoms with van der Waals surface area (Å²) in [5, 5.41) is 0. The van der Waals surface area contributed by atoms with Crippen molar-refractivity contribution in [3.05, 3.63) is 28.2 Å². The second kappa shape index (κ2) is 6.53. The first-order chi connectivity index (χ1) is 9.15. The van der Waals surface area contributed by atoms with Crippen LogP contribution in [0.25, 0.3) is 0 Å². The molecule has 0 fully saturated rings. The van der Waals surface area contributed by atoms with Crippen molar-refractivity contribution in [1.82, 2.24) is 0 Å². The highest BCUT2D eigenvalue weighted by atomic mass is 79.9. The number of rotatable bonds is 6. The molecule has 19 heavy (non-hydrogen) atoms. The largest absolute Gasteiger partial charge is 0.316 e. The zero-order chi connectivity index (χ0) is 13.8. The molecule has 0 saturated heterocycles. The lowest BCUT2D eigenvalue weighted by Gasteiger charge is -2.17. The Labute approximate surface area is 123 Å². The third kappa shape index (κ3) is 3.18. The molecule has 0 aromatic heterocycles. The predicted octanol–water partition coefficient (Wildman–Crippen LogP) is 3.77. The first-order valence-electron chi connectivity index (χ1n) is 7.01. The first kappa shape index (κ1) is 14.5. The molecule has 2 N–H and O–H groups in total. The zero-order valence-electron chi connectivity index (χ0n) is 11.4. The minimum atomic E-state index is -0.497. The Kier molecular flexibility index (Phi) is 4.99. The van der Waals surface area contributed by atoms with Crippen molar-refractivity contribution in [3.63, 3.8) is 0 Å². The van der Waals surface area contributed by atoms with E-state index in [0.29, 0.717) is 0 Å². The molecule has 104 valence electrons. The maximum absolute atomic E-state index is 12.2. The summed E-state index contributed by atoms with van der Waals surface area (Å²) >= 11 is 3.43. The van der Waals surface area contributed by atoms with Crippen molar-refractivity contribution in [3.8, 4) is 0 Å². The minimum Gasteiger partial charge on any atom is -0.316 e. The van der Waals surface area contributed by atoms with Gasteiger partial charge >= 0.3 is 0 Å². The standard InChI is InChI=1S/C15H21BrN2O/c1-2-3-4-5-6-9-18-13-8-7-11(16)10-12(13)14(17)15(18)19/h7-8,10,14H,2-6,9,17H2,1H3. The quantitative estimate of drug-likeness (QED) is 0.810. The summed E-state index contributed by atoms with van der Waals surface area (Å²) in [5.74, 6) is 0.0311. The van der Waals surface area contributed by atoms with Crippen LogP contribution >= 0.6 is 15.9 Å². The van der Waals surface area contributed by atoms with Crippen LogP contribution in [0.3, 0.4) is 0 Å². The number of nitrogens with zero attached hydrogens (tertiary/aromatic N) is 1. The van der Waals surface area contributed by atoms with Gasteiger partial charge in [-0.25, -0.2) is 0 Å². The molecule has 1 heterocycles. The molecule has 1 aliphatic rings. The number of hydrogen-bond donors (Lipinski definition) is 1. The van der Waals surface area contributed by atoms with Gasteiger partial charge in [-0.1, -0.05) is 48.5 Å². The summed E-state index contributed by atoms with van der Waals surface area (Å²) < 4.78 is 0.972. The number of halogens is 1. The Morgan fingerprint density at radius 1 is 1.26 bits per heavy atom. The topological polar surface area (TPSA) is 46.3 Å². The summed E-state index contributed by atoms with van der Waals surface area (Å²) in [5.41, 5.74) is 7.91. The van der Waals surface area contributed by atoms with Crippen LogP contribution in [0, 0.1) is 0 Å². The van der Waals surface area contributed by atoms with Crippen molar-refractivity contribution in [1.29, 1.82) is 0 Å². The molecule has 4 heteroatoms. The second-order valence-electron chi connectivity index (χ2n) is 5.08. The summed E-state index contributed by atoms with van der Waals surface area (Å²) in [6, 6.07) is 5.41. The summed E-state index contributed by atoms with van der Waals surface area (Å²) in [7, 11) is 0. The minimum absolute atomic E-state index is 0.0311. The van der Waals surface area contributed by atoms with E-state index in [0.717, 1.165) is 28.7 Å². The lowest BCUT2D eigenvalue weighted by Crippen LogP contribution is -2.32. The van der Waals surface area contributed by atoms with Crippen molar-refractivity contribution in [2.45, 2.75) is 45.1 Å². The Morgan fingerprint density at radius 2 is 2.00 bits per heavy atom. The Balaban J connectivity index is 2.00. The van der Waals surface area contributed by atoms with Crippen LogP contribution in [0.1, 0.15) is 50.6 Å². The molecule has 2 rings (SSSR count). The van der Waals surface area contributed by atoms with Crippen LogP contribution in [-0.2, 0) is 4.79 Å². The van der Waals surface area contributed by atoms with E-state index >= 15 is 0 Å². The van der Waals surface area contributed by atoms with Gasteiger partial charge in [0.15, 0.2) is 0 Å². The summed E-state index contributed by atoms with van der Waals surface area (Å²) in [6.45, 7) is 2.99. The van der Waals surface area contributed by atoms with Crippen molar-refractivity contribution in [2.75, 3.05) is 11.4 Å². The summed E-state index contributed by atoms with van der Waals surface area (Å²) in [6.07, 6.45) is 5.99. The van der Waals surface area contributed by atoms with Gasteiger partial charge in [0, 0.05) is 22.3 Å². The Hall–Kier alpha value is -0.870. The van der Waals surface area contributed by atoms with Gasteiger partial charge in [-0.3, -0.25) is 4.79 Å². The SMILES string of the molecule is CCCCCCCN1C(=O)C(N)c2cc(Br)ccc21. The van der Waals surface area contributed by atoms with E-state index in [1.54, 1.807) is 0 Å². The average molecular weight is 325 g/mol. The highest BCUT2D eigenvalue weighted by Gasteiger charge is 2.34. The molecule has 1 aromatic carbocycles. The predicted molar refractivity (Wildman–Crippen MR) is 82.2 cm³/mol. The van der Waals surface area contributed by atoms with Gasteiger partial charge in [0.1, 0.15) is 6.04 Å². The van der Waals surface area contributed by atoms with E-state index in [1.165, 1.54) is 25.7 Å². The third-order valence-corrected chi connectivity index (χ3v) is 4.13. The molecule has 0 radical (unpaired) electrons. The first-order valence-corrected chi connectivity index (χ1v) is 7.81. The molecule has 1 atom stereocenters. The van der Waals surface area contributed by atoms with Crippen molar-refractivity contribution < 1.29 is 4.79 Å². The Bertz CT molecular complexity index is 461. The molecule has 1 aromatic rings. The highest BCUT2D eigenvalue weighted by Crippen LogP contribution is 2.36. The van der Waals surface area contributed by atoms with Crippen LogP contribution in [0.2, 0.25) is 0 Å². The molecule has 0 aliphatic carbocycles. The number of nitrogens with two attached hydrogens (primary N) is 1. The van der Waals surface area contributed by atoms with E-state index in [4.69, 9.17) is 5.73 Å². The second-order valence-corrected chi connectivity index (χ2v) is 6.00. The molecule has 1 aliphatic heterocycles. The van der Waals surface area contributed by atoms with E-state index in [-0.39, 0.29) is 5.91 Å². The monoisotopic (exact) mass is 324 g/mol. The van der Waals surface area contributed by atoms with E-state index < -0.39 is 6.04 Å². The van der Waals surface area contributed by atoms with Crippen LogP contribution < -0.4 is 10.6 Å². The molecule has 3 nitrogen and oxygen atoms in total. The number of carbonyl (C=O) groups excluding carboxylic acids is 1. The third-order valence-electron chi connectivity index (χ3n) is 3.63. The fraction of sp³-hybridized carbons (Fsp3) is 0.533. The van der Waals surface area contributed by atoms with E-state index in [2.05, 4.69) is 22.9 Å². The number of benzene rings is 1. The normalized spacial score (nSPS) is 17.9. The maximum atomic E-state index is 12.2. The number of anilines is 1. The maximum Gasteiger partial charge on any atom is 0.248 e. The van der Waals surface area contributed by atoms with Gasteiger partial charge in [-0.05, 0) is 24.6 Å². The number of amides is 1. The average Bonchev–Trinajstić information content (AvgIpc) is 2.63. The fourth-order valence-corrected chi connectivity index (χ4v) is 2.92. The van der Waals surface area contributed by atoms with Gasteiger partial charge in [-0.15, -0.1) is 0 Å². The van der Waals surface area contributed by atoms with Gasteiger partial charge in [0.05, 0.1) is 0 Å². The number of hydrogen-bond acceptors (Lipinski definition) is 2. The Morgan fingerprint density at radius 3 is 2.74 bits per heavy atom. The van der Waals surface area contributed by atoms with E-state index in [1.807, 2.05) is 23.1 Å². The van der Waals surface area contributed by atoms with Crippen LogP contribution in [0.5, 0.6) is 0 Å². The van der Waals surface area contributed by atoms with Gasteiger partial charge < -0.3 is 10.6 Å². The summed E-state index contributed by atoms with van der Waals surface area (Å²) in [4.78, 5) is 14.0. The number of carbonyl (C=O) groups is 1. The molecule has 0 bridgehead atoms. The molecule has 0 spiro atoms. The molecular formula is C15H21BrN2O.